The van der Waals surface area contributed by atoms with E-state index >= 15 is 0 Å². The van der Waals surface area contributed by atoms with Crippen molar-refractivity contribution >= 4 is 22.0 Å². The molecule has 1 fully saturated rings. The van der Waals surface area contributed by atoms with E-state index in [1.165, 1.54) is 5.56 Å². The molecule has 0 aliphatic carbocycles. The van der Waals surface area contributed by atoms with Gasteiger partial charge in [-0.05, 0) is 37.5 Å². The van der Waals surface area contributed by atoms with Gasteiger partial charge in [-0.25, -0.2) is 4.79 Å². The molecule has 0 aromatic heterocycles. The third-order valence-corrected chi connectivity index (χ3v) is 4.48. The highest BCUT2D eigenvalue weighted by Gasteiger charge is 2.24. The van der Waals surface area contributed by atoms with Gasteiger partial charge < -0.3 is 15.1 Å². The van der Waals surface area contributed by atoms with Gasteiger partial charge in [0.15, 0.2) is 0 Å². The second kappa shape index (κ2) is 7.27. The van der Waals surface area contributed by atoms with Gasteiger partial charge >= 0.3 is 6.03 Å². The number of nitrogens with one attached hydrogen (secondary N) is 1. The maximum atomic E-state index is 11.9. The van der Waals surface area contributed by atoms with Crippen molar-refractivity contribution in [2.45, 2.75) is 31.8 Å². The lowest BCUT2D eigenvalue weighted by molar-refractivity contribution is 0.151. The van der Waals surface area contributed by atoms with Crippen LogP contribution in [-0.4, -0.2) is 49.1 Å². The summed E-state index contributed by atoms with van der Waals surface area (Å²) < 4.78 is 1.11. The van der Waals surface area contributed by atoms with Crippen LogP contribution in [0.15, 0.2) is 28.7 Å². The van der Waals surface area contributed by atoms with Crippen molar-refractivity contribution in [1.29, 1.82) is 0 Å². The van der Waals surface area contributed by atoms with Crippen molar-refractivity contribution in [2.24, 2.45) is 0 Å². The maximum absolute atomic E-state index is 11.9. The van der Waals surface area contributed by atoms with E-state index in [1.807, 2.05) is 25.1 Å². The van der Waals surface area contributed by atoms with Crippen LogP contribution in [0.25, 0.3) is 0 Å². The van der Waals surface area contributed by atoms with Crippen LogP contribution in [0.1, 0.15) is 31.4 Å². The minimum atomic E-state index is 0.119. The van der Waals surface area contributed by atoms with Gasteiger partial charge in [-0.3, -0.25) is 0 Å². The second-order valence-electron chi connectivity index (χ2n) is 5.88. The molecule has 2 amide bonds. The van der Waals surface area contributed by atoms with Crippen molar-refractivity contribution in [3.63, 3.8) is 0 Å². The zero-order valence-electron chi connectivity index (χ0n) is 13.0. The maximum Gasteiger partial charge on any atom is 0.319 e. The molecule has 1 N–H and O–H groups in total. The molecule has 1 heterocycles. The average Bonchev–Trinajstić information content (AvgIpc) is 2.47. The number of urea groups is 1. The van der Waals surface area contributed by atoms with E-state index in [9.17, 15) is 4.79 Å². The zero-order chi connectivity index (χ0) is 15.4. The Morgan fingerprint density at radius 1 is 1.38 bits per heavy atom. The number of likely N-dealkylation sites (tertiary alicyclic amines) is 1. The van der Waals surface area contributed by atoms with E-state index in [2.05, 4.69) is 46.4 Å². The summed E-state index contributed by atoms with van der Waals surface area (Å²) in [5.74, 6) is 0. The lowest BCUT2D eigenvalue weighted by atomic mass is 10.0. The Morgan fingerprint density at radius 2 is 2.05 bits per heavy atom. The Labute approximate surface area is 135 Å². The summed E-state index contributed by atoms with van der Waals surface area (Å²) in [6.07, 6.45) is 2.02. The van der Waals surface area contributed by atoms with Gasteiger partial charge in [0, 0.05) is 43.7 Å². The minimum absolute atomic E-state index is 0.119. The Kier molecular flexibility index (Phi) is 5.65. The molecule has 2 rings (SSSR count). The van der Waals surface area contributed by atoms with E-state index in [-0.39, 0.29) is 6.03 Å². The highest BCUT2D eigenvalue weighted by atomic mass is 79.9. The highest BCUT2D eigenvalue weighted by molar-refractivity contribution is 9.10. The smallest absolute Gasteiger partial charge is 0.319 e. The van der Waals surface area contributed by atoms with Crippen molar-refractivity contribution < 1.29 is 4.79 Å². The molecule has 4 nitrogen and oxygen atoms in total. The van der Waals surface area contributed by atoms with Crippen molar-refractivity contribution in [2.75, 3.05) is 27.2 Å². The molecule has 21 heavy (non-hydrogen) atoms. The Hall–Kier alpha value is -1.07. The van der Waals surface area contributed by atoms with E-state index in [0.29, 0.717) is 12.1 Å². The number of nitrogens with zero attached hydrogens (tertiary/aromatic N) is 2. The van der Waals surface area contributed by atoms with Gasteiger partial charge in [-0.15, -0.1) is 0 Å². The molecule has 0 spiro atoms. The summed E-state index contributed by atoms with van der Waals surface area (Å²) in [4.78, 5) is 15.5. The van der Waals surface area contributed by atoms with Crippen molar-refractivity contribution in [3.8, 4) is 0 Å². The van der Waals surface area contributed by atoms with Crippen LogP contribution < -0.4 is 5.32 Å². The molecule has 1 aromatic carbocycles. The summed E-state index contributed by atoms with van der Waals surface area (Å²) in [5.41, 5.74) is 1.29. The third kappa shape index (κ3) is 4.45. The number of carbonyl (C=O) groups excluding carboxylic acids is 1. The summed E-state index contributed by atoms with van der Waals surface area (Å²) in [6, 6.07) is 9.33. The van der Waals surface area contributed by atoms with Crippen molar-refractivity contribution in [3.05, 3.63) is 34.3 Å². The first-order valence-electron chi connectivity index (χ1n) is 7.45. The fourth-order valence-electron chi connectivity index (χ4n) is 2.75. The third-order valence-electron chi connectivity index (χ3n) is 3.98. The van der Waals surface area contributed by atoms with Crippen LogP contribution in [0, 0.1) is 0 Å². The molecule has 0 bridgehead atoms. The van der Waals surface area contributed by atoms with Crippen LogP contribution >= 0.6 is 15.9 Å². The van der Waals surface area contributed by atoms with E-state index in [4.69, 9.17) is 0 Å². The zero-order valence-corrected chi connectivity index (χ0v) is 14.6. The number of hydrogen-bond donors (Lipinski definition) is 1. The lowest BCUT2D eigenvalue weighted by Crippen LogP contribution is -2.48. The van der Waals surface area contributed by atoms with E-state index in [0.717, 1.165) is 30.4 Å². The fourth-order valence-corrected chi connectivity index (χ4v) is 3.16. The molecule has 1 aromatic rings. The van der Waals surface area contributed by atoms with Gasteiger partial charge in [-0.1, -0.05) is 28.1 Å². The van der Waals surface area contributed by atoms with Gasteiger partial charge in [0.2, 0.25) is 0 Å². The van der Waals surface area contributed by atoms with Gasteiger partial charge in [0.1, 0.15) is 0 Å². The lowest BCUT2D eigenvalue weighted by Gasteiger charge is -2.35. The standard InChI is InChI=1S/C16H24BrN3O/c1-12(13-5-4-6-14(17)11-13)18-15-7-9-20(10-8-15)16(21)19(2)3/h4-6,11-12,15,18H,7-10H2,1-3H3/t12-/m0/s1. The topological polar surface area (TPSA) is 35.6 Å². The summed E-state index contributed by atoms with van der Waals surface area (Å²) in [6.45, 7) is 3.86. The summed E-state index contributed by atoms with van der Waals surface area (Å²) >= 11 is 3.52. The normalized spacial score (nSPS) is 17.6. The molecular formula is C16H24BrN3O. The molecular weight excluding hydrogens is 330 g/mol. The Bertz CT molecular complexity index is 484. The predicted molar refractivity (Wildman–Crippen MR) is 89.4 cm³/mol. The Morgan fingerprint density at radius 3 is 2.62 bits per heavy atom. The summed E-state index contributed by atoms with van der Waals surface area (Å²) in [7, 11) is 3.62. The molecule has 5 heteroatoms. The molecule has 1 saturated heterocycles. The van der Waals surface area contributed by atoms with Crippen LogP contribution in [0.3, 0.4) is 0 Å². The first-order chi connectivity index (χ1) is 9.97. The monoisotopic (exact) mass is 353 g/mol. The largest absolute Gasteiger partial charge is 0.331 e. The number of halogens is 1. The van der Waals surface area contributed by atoms with Gasteiger partial charge in [0.25, 0.3) is 0 Å². The quantitative estimate of drug-likeness (QED) is 0.905. The Balaban J connectivity index is 1.85. The van der Waals surface area contributed by atoms with Gasteiger partial charge in [0.05, 0.1) is 0 Å². The number of hydrogen-bond acceptors (Lipinski definition) is 2. The molecule has 1 atom stereocenters. The average molecular weight is 354 g/mol. The number of amides is 2. The number of benzene rings is 1. The summed E-state index contributed by atoms with van der Waals surface area (Å²) in [5, 5.41) is 3.68. The van der Waals surface area contributed by atoms with Gasteiger partial charge in [-0.2, -0.15) is 0 Å². The molecule has 0 unspecified atom stereocenters. The van der Waals surface area contributed by atoms with Crippen LogP contribution in [-0.2, 0) is 0 Å². The van der Waals surface area contributed by atoms with Crippen LogP contribution in [0.2, 0.25) is 0 Å². The molecule has 0 saturated carbocycles. The second-order valence-corrected chi connectivity index (χ2v) is 6.80. The molecule has 0 radical (unpaired) electrons. The van der Waals surface area contributed by atoms with Crippen LogP contribution in [0.4, 0.5) is 4.79 Å². The number of carbonyl (C=O) groups is 1. The number of piperidine rings is 1. The van der Waals surface area contributed by atoms with Crippen LogP contribution in [0.5, 0.6) is 0 Å². The highest BCUT2D eigenvalue weighted by Crippen LogP contribution is 2.20. The molecule has 116 valence electrons. The van der Waals surface area contributed by atoms with E-state index < -0.39 is 0 Å². The SMILES string of the molecule is C[C@H](NC1CCN(C(=O)N(C)C)CC1)c1cccc(Br)c1. The number of rotatable bonds is 3. The van der Waals surface area contributed by atoms with E-state index in [1.54, 1.807) is 4.90 Å². The predicted octanol–water partition coefficient (Wildman–Crippen LogP) is 3.25. The fraction of sp³-hybridized carbons (Fsp3) is 0.562. The first-order valence-corrected chi connectivity index (χ1v) is 8.24. The molecule has 1 aliphatic heterocycles. The van der Waals surface area contributed by atoms with Crippen molar-refractivity contribution in [1.82, 2.24) is 15.1 Å². The molecule has 1 aliphatic rings. The minimum Gasteiger partial charge on any atom is -0.331 e. The first kappa shape index (κ1) is 16.3.